The van der Waals surface area contributed by atoms with Crippen LogP contribution in [0.4, 0.5) is 13.2 Å². The molecule has 1 aliphatic rings. The van der Waals surface area contributed by atoms with Gasteiger partial charge in [-0.05, 0) is 18.6 Å². The van der Waals surface area contributed by atoms with Crippen LogP contribution in [0.3, 0.4) is 0 Å². The zero-order valence-electron chi connectivity index (χ0n) is 11.2. The fourth-order valence-corrected chi connectivity index (χ4v) is 2.10. The number of hydrogen-bond donors (Lipinski definition) is 1. The number of hydrogen-bond acceptors (Lipinski definition) is 4. The number of aromatic nitrogens is 1. The molecule has 1 unspecified atom stereocenters. The van der Waals surface area contributed by atoms with Crippen LogP contribution >= 0.6 is 0 Å². The third kappa shape index (κ3) is 3.72. The van der Waals surface area contributed by atoms with Crippen molar-refractivity contribution >= 4 is 11.8 Å². The molecular formula is C13H11F3N4O2. The predicted molar refractivity (Wildman–Crippen MR) is 67.5 cm³/mol. The second-order valence-corrected chi connectivity index (χ2v) is 4.73. The number of carbonyl (C=O) groups excluding carboxylic acids is 2. The van der Waals surface area contributed by atoms with Gasteiger partial charge in [0, 0.05) is 12.7 Å². The lowest BCUT2D eigenvalue weighted by molar-refractivity contribution is -0.157. The first-order valence-corrected chi connectivity index (χ1v) is 6.33. The maximum atomic E-state index is 12.3. The third-order valence-electron chi connectivity index (χ3n) is 3.09. The van der Waals surface area contributed by atoms with Crippen LogP contribution in [0.1, 0.15) is 22.5 Å². The average molecular weight is 312 g/mol. The Morgan fingerprint density at radius 2 is 2.27 bits per heavy atom. The number of nitriles is 1. The van der Waals surface area contributed by atoms with Gasteiger partial charge in [0.2, 0.25) is 5.91 Å². The van der Waals surface area contributed by atoms with Gasteiger partial charge in [-0.2, -0.15) is 18.4 Å². The van der Waals surface area contributed by atoms with Crippen LogP contribution in [-0.4, -0.2) is 47.0 Å². The quantitative estimate of drug-likeness (QED) is 0.896. The molecule has 9 heteroatoms. The zero-order valence-corrected chi connectivity index (χ0v) is 11.2. The molecule has 2 amide bonds. The van der Waals surface area contributed by atoms with E-state index in [0.29, 0.717) is 4.90 Å². The number of carbonyl (C=O) groups is 2. The van der Waals surface area contributed by atoms with E-state index in [1.165, 1.54) is 18.3 Å². The van der Waals surface area contributed by atoms with Crippen molar-refractivity contribution in [2.75, 3.05) is 13.1 Å². The predicted octanol–water partition coefficient (Wildman–Crippen LogP) is 0.846. The highest BCUT2D eigenvalue weighted by Gasteiger charge is 2.39. The Kier molecular flexibility index (Phi) is 4.30. The molecular weight excluding hydrogens is 301 g/mol. The van der Waals surface area contributed by atoms with Crippen LogP contribution < -0.4 is 5.32 Å². The van der Waals surface area contributed by atoms with Gasteiger partial charge in [-0.1, -0.05) is 0 Å². The molecule has 1 N–H and O–H groups in total. The molecule has 1 fully saturated rings. The normalized spacial score (nSPS) is 18.2. The van der Waals surface area contributed by atoms with Crippen LogP contribution in [0.2, 0.25) is 0 Å². The molecule has 1 aromatic heterocycles. The lowest BCUT2D eigenvalue weighted by Crippen LogP contribution is -2.44. The highest BCUT2D eigenvalue weighted by atomic mass is 19.4. The Balaban J connectivity index is 2.01. The molecule has 0 radical (unpaired) electrons. The van der Waals surface area contributed by atoms with E-state index in [9.17, 15) is 22.8 Å². The number of likely N-dealkylation sites (tertiary alicyclic amines) is 1. The van der Waals surface area contributed by atoms with Crippen molar-refractivity contribution in [1.82, 2.24) is 15.2 Å². The smallest absolute Gasteiger partial charge is 0.339 e. The fourth-order valence-electron chi connectivity index (χ4n) is 2.10. The van der Waals surface area contributed by atoms with Gasteiger partial charge < -0.3 is 10.2 Å². The highest BCUT2D eigenvalue weighted by Crippen LogP contribution is 2.21. The number of pyridine rings is 1. The van der Waals surface area contributed by atoms with Crippen LogP contribution in [0.15, 0.2) is 18.3 Å². The standard InChI is InChI=1S/C13H11F3N4O2/c14-13(15,16)7-20-4-2-9(12(20)22)19-11(21)10-5-8(6-17)1-3-18-10/h1,3,5,9H,2,4,7H2,(H,19,21). The second kappa shape index (κ2) is 6.01. The average Bonchev–Trinajstić information content (AvgIpc) is 2.78. The summed E-state index contributed by atoms with van der Waals surface area (Å²) in [5, 5.41) is 11.1. The van der Waals surface area contributed by atoms with Gasteiger partial charge in [0.15, 0.2) is 0 Å². The summed E-state index contributed by atoms with van der Waals surface area (Å²) < 4.78 is 36.9. The molecule has 2 heterocycles. The van der Waals surface area contributed by atoms with Crippen molar-refractivity contribution in [1.29, 1.82) is 5.26 Å². The summed E-state index contributed by atoms with van der Waals surface area (Å²) >= 11 is 0. The molecule has 0 aromatic carbocycles. The van der Waals surface area contributed by atoms with E-state index in [2.05, 4.69) is 10.3 Å². The second-order valence-electron chi connectivity index (χ2n) is 4.73. The zero-order chi connectivity index (χ0) is 16.3. The van der Waals surface area contributed by atoms with Gasteiger partial charge >= 0.3 is 6.18 Å². The number of alkyl halides is 3. The number of halogens is 3. The number of nitrogens with one attached hydrogen (secondary N) is 1. The maximum Gasteiger partial charge on any atom is 0.406 e. The first-order valence-electron chi connectivity index (χ1n) is 6.33. The SMILES string of the molecule is N#Cc1ccnc(C(=O)NC2CCN(CC(F)(F)F)C2=O)c1. The molecule has 1 saturated heterocycles. The minimum Gasteiger partial charge on any atom is -0.339 e. The van der Waals surface area contributed by atoms with Crippen molar-refractivity contribution in [2.45, 2.75) is 18.6 Å². The molecule has 22 heavy (non-hydrogen) atoms. The van der Waals surface area contributed by atoms with Gasteiger partial charge in [-0.3, -0.25) is 14.6 Å². The van der Waals surface area contributed by atoms with Crippen LogP contribution in [-0.2, 0) is 4.79 Å². The molecule has 1 aromatic rings. The summed E-state index contributed by atoms with van der Waals surface area (Å²) in [6, 6.07) is 3.47. The van der Waals surface area contributed by atoms with Crippen molar-refractivity contribution < 1.29 is 22.8 Å². The summed E-state index contributed by atoms with van der Waals surface area (Å²) in [4.78, 5) is 28.2. The van der Waals surface area contributed by atoms with E-state index in [4.69, 9.17) is 5.26 Å². The van der Waals surface area contributed by atoms with Crippen molar-refractivity contribution in [3.63, 3.8) is 0 Å². The largest absolute Gasteiger partial charge is 0.406 e. The molecule has 1 atom stereocenters. The lowest BCUT2D eigenvalue weighted by Gasteiger charge is -2.18. The van der Waals surface area contributed by atoms with Crippen LogP contribution in [0.25, 0.3) is 0 Å². The maximum absolute atomic E-state index is 12.3. The minimum atomic E-state index is -4.47. The Morgan fingerprint density at radius 3 is 2.91 bits per heavy atom. The Bertz CT molecular complexity index is 639. The van der Waals surface area contributed by atoms with Gasteiger partial charge in [0.05, 0.1) is 11.6 Å². The molecule has 2 rings (SSSR count). The Morgan fingerprint density at radius 1 is 1.55 bits per heavy atom. The number of amides is 2. The molecule has 0 saturated carbocycles. The summed E-state index contributed by atoms with van der Waals surface area (Å²) in [6.45, 7) is -1.41. The van der Waals surface area contributed by atoms with E-state index in [-0.39, 0.29) is 24.2 Å². The van der Waals surface area contributed by atoms with E-state index < -0.39 is 30.6 Å². The van der Waals surface area contributed by atoms with Gasteiger partial charge in [-0.15, -0.1) is 0 Å². The molecule has 1 aliphatic heterocycles. The summed E-state index contributed by atoms with van der Waals surface area (Å²) in [7, 11) is 0. The van der Waals surface area contributed by atoms with E-state index in [1.807, 2.05) is 6.07 Å². The lowest BCUT2D eigenvalue weighted by atomic mass is 10.2. The summed E-state index contributed by atoms with van der Waals surface area (Å²) in [5.41, 5.74) is 0.151. The van der Waals surface area contributed by atoms with E-state index >= 15 is 0 Å². The Labute approximate surface area is 123 Å². The van der Waals surface area contributed by atoms with Gasteiger partial charge in [-0.25, -0.2) is 0 Å². The molecule has 6 nitrogen and oxygen atoms in total. The van der Waals surface area contributed by atoms with E-state index in [1.54, 1.807) is 0 Å². The first-order chi connectivity index (χ1) is 10.3. The molecule has 0 spiro atoms. The topological polar surface area (TPSA) is 86.1 Å². The summed E-state index contributed by atoms with van der Waals surface area (Å²) in [6.07, 6.45) is -3.12. The number of nitrogens with zero attached hydrogens (tertiary/aromatic N) is 3. The van der Waals surface area contributed by atoms with E-state index in [0.717, 1.165) is 0 Å². The fraction of sp³-hybridized carbons (Fsp3) is 0.385. The first kappa shape index (κ1) is 15.8. The third-order valence-corrected chi connectivity index (χ3v) is 3.09. The van der Waals surface area contributed by atoms with Gasteiger partial charge in [0.1, 0.15) is 18.3 Å². The molecule has 116 valence electrons. The highest BCUT2D eigenvalue weighted by molar-refractivity contribution is 5.96. The van der Waals surface area contributed by atoms with Crippen molar-refractivity contribution in [3.8, 4) is 6.07 Å². The minimum absolute atomic E-state index is 0.0684. The number of rotatable bonds is 3. The molecule has 0 aliphatic carbocycles. The van der Waals surface area contributed by atoms with Crippen LogP contribution in [0.5, 0.6) is 0 Å². The van der Waals surface area contributed by atoms with Crippen molar-refractivity contribution in [3.05, 3.63) is 29.6 Å². The Hall–Kier alpha value is -2.63. The van der Waals surface area contributed by atoms with Gasteiger partial charge in [0.25, 0.3) is 5.91 Å². The van der Waals surface area contributed by atoms with Crippen molar-refractivity contribution in [2.24, 2.45) is 0 Å². The summed E-state index contributed by atoms with van der Waals surface area (Å²) in [5.74, 6) is -1.48. The monoisotopic (exact) mass is 312 g/mol. The molecule has 0 bridgehead atoms. The van der Waals surface area contributed by atoms with Crippen LogP contribution in [0, 0.1) is 11.3 Å².